The topological polar surface area (TPSA) is 45.6 Å². The van der Waals surface area contributed by atoms with Crippen LogP contribution in [0.25, 0.3) is 10.9 Å². The molecule has 2 heterocycles. The standard InChI is InChI=1S/C15H17BrN2O2/c16-14-4-3-11(15-13(14)2-1-5-17-15)8-18-6-7-20-10-12(18)9-19/h1-5,12,19H,6-10H2/t12-/m1/s1. The van der Waals surface area contributed by atoms with Gasteiger partial charge in [0, 0.05) is 29.1 Å². The minimum Gasteiger partial charge on any atom is -0.395 e. The van der Waals surface area contributed by atoms with Crippen LogP contribution < -0.4 is 0 Å². The number of rotatable bonds is 3. The molecule has 3 rings (SSSR count). The quantitative estimate of drug-likeness (QED) is 0.933. The maximum absolute atomic E-state index is 9.45. The van der Waals surface area contributed by atoms with Crippen LogP contribution in [-0.4, -0.2) is 47.4 Å². The van der Waals surface area contributed by atoms with Gasteiger partial charge in [0.05, 0.1) is 31.4 Å². The van der Waals surface area contributed by atoms with Crippen molar-refractivity contribution >= 4 is 26.8 Å². The van der Waals surface area contributed by atoms with Crippen molar-refractivity contribution in [3.8, 4) is 0 Å². The monoisotopic (exact) mass is 336 g/mol. The van der Waals surface area contributed by atoms with Crippen molar-refractivity contribution < 1.29 is 9.84 Å². The Labute approximate surface area is 126 Å². The third-order valence-electron chi connectivity index (χ3n) is 3.73. The molecule has 4 nitrogen and oxygen atoms in total. The van der Waals surface area contributed by atoms with E-state index in [1.807, 2.05) is 12.3 Å². The number of hydrogen-bond acceptors (Lipinski definition) is 4. The Balaban J connectivity index is 1.92. The molecule has 1 aliphatic heterocycles. The fourth-order valence-corrected chi connectivity index (χ4v) is 3.06. The van der Waals surface area contributed by atoms with E-state index in [1.54, 1.807) is 0 Å². The number of hydrogen-bond donors (Lipinski definition) is 1. The van der Waals surface area contributed by atoms with Crippen LogP contribution in [0.4, 0.5) is 0 Å². The van der Waals surface area contributed by atoms with E-state index >= 15 is 0 Å². The van der Waals surface area contributed by atoms with Crippen LogP contribution in [0, 0.1) is 0 Å². The molecule has 1 saturated heterocycles. The summed E-state index contributed by atoms with van der Waals surface area (Å²) < 4.78 is 6.48. The smallest absolute Gasteiger partial charge is 0.0758 e. The van der Waals surface area contributed by atoms with Crippen molar-refractivity contribution in [3.63, 3.8) is 0 Å². The van der Waals surface area contributed by atoms with E-state index in [9.17, 15) is 5.11 Å². The molecule has 1 aromatic carbocycles. The molecule has 2 aromatic rings. The lowest BCUT2D eigenvalue weighted by molar-refractivity contribution is -0.0311. The molecule has 20 heavy (non-hydrogen) atoms. The van der Waals surface area contributed by atoms with E-state index in [4.69, 9.17) is 4.74 Å². The number of aliphatic hydroxyl groups excluding tert-OH is 1. The highest BCUT2D eigenvalue weighted by atomic mass is 79.9. The Morgan fingerprint density at radius 1 is 1.40 bits per heavy atom. The fourth-order valence-electron chi connectivity index (χ4n) is 2.61. The van der Waals surface area contributed by atoms with Crippen LogP contribution in [-0.2, 0) is 11.3 Å². The Bertz CT molecular complexity index is 605. The zero-order valence-corrected chi connectivity index (χ0v) is 12.7. The number of aromatic nitrogens is 1. The molecule has 0 amide bonds. The van der Waals surface area contributed by atoms with E-state index in [-0.39, 0.29) is 12.6 Å². The van der Waals surface area contributed by atoms with Crippen LogP contribution in [0.1, 0.15) is 5.56 Å². The van der Waals surface area contributed by atoms with Crippen molar-refractivity contribution in [1.29, 1.82) is 0 Å². The first-order chi connectivity index (χ1) is 9.79. The number of ether oxygens (including phenoxy) is 1. The number of benzene rings is 1. The zero-order valence-electron chi connectivity index (χ0n) is 11.1. The van der Waals surface area contributed by atoms with Gasteiger partial charge in [-0.05, 0) is 17.7 Å². The predicted octanol–water partition coefficient (Wildman–Crippen LogP) is 2.19. The average molecular weight is 337 g/mol. The first-order valence-corrected chi connectivity index (χ1v) is 7.53. The number of aliphatic hydroxyl groups is 1. The van der Waals surface area contributed by atoms with Crippen LogP contribution in [0.5, 0.6) is 0 Å². The molecule has 1 aromatic heterocycles. The van der Waals surface area contributed by atoms with Gasteiger partial charge in [-0.15, -0.1) is 0 Å². The van der Waals surface area contributed by atoms with Crippen molar-refractivity contribution in [2.24, 2.45) is 0 Å². The Hall–Kier alpha value is -1.01. The maximum Gasteiger partial charge on any atom is 0.0758 e. The van der Waals surface area contributed by atoms with Crippen LogP contribution in [0.2, 0.25) is 0 Å². The first-order valence-electron chi connectivity index (χ1n) is 6.74. The second-order valence-electron chi connectivity index (χ2n) is 4.99. The van der Waals surface area contributed by atoms with E-state index < -0.39 is 0 Å². The number of nitrogens with zero attached hydrogens (tertiary/aromatic N) is 2. The molecule has 1 fully saturated rings. The summed E-state index contributed by atoms with van der Waals surface area (Å²) in [4.78, 5) is 6.77. The molecule has 0 unspecified atom stereocenters. The Kier molecular flexibility index (Phi) is 4.31. The summed E-state index contributed by atoms with van der Waals surface area (Å²) in [6, 6.07) is 8.25. The van der Waals surface area contributed by atoms with Gasteiger partial charge in [-0.3, -0.25) is 9.88 Å². The van der Waals surface area contributed by atoms with Gasteiger partial charge >= 0.3 is 0 Å². The highest BCUT2D eigenvalue weighted by molar-refractivity contribution is 9.10. The molecule has 0 aliphatic carbocycles. The lowest BCUT2D eigenvalue weighted by Gasteiger charge is -2.34. The second-order valence-corrected chi connectivity index (χ2v) is 5.84. The molecule has 0 saturated carbocycles. The molecule has 1 aliphatic rings. The summed E-state index contributed by atoms with van der Waals surface area (Å²) in [7, 11) is 0. The van der Waals surface area contributed by atoms with Crippen molar-refractivity contribution in [2.45, 2.75) is 12.6 Å². The molecule has 0 radical (unpaired) electrons. The Morgan fingerprint density at radius 2 is 2.30 bits per heavy atom. The first kappa shape index (κ1) is 13.9. The molecular formula is C15H17BrN2O2. The number of pyridine rings is 1. The maximum atomic E-state index is 9.45. The number of halogens is 1. The molecular weight excluding hydrogens is 320 g/mol. The minimum atomic E-state index is 0.0751. The summed E-state index contributed by atoms with van der Waals surface area (Å²) in [5.74, 6) is 0. The summed E-state index contributed by atoms with van der Waals surface area (Å²) in [5, 5.41) is 10.6. The molecule has 1 atom stereocenters. The fraction of sp³-hybridized carbons (Fsp3) is 0.400. The Morgan fingerprint density at radius 3 is 3.15 bits per heavy atom. The summed E-state index contributed by atoms with van der Waals surface area (Å²) in [5.41, 5.74) is 2.20. The third kappa shape index (κ3) is 2.72. The van der Waals surface area contributed by atoms with Crippen molar-refractivity contribution in [1.82, 2.24) is 9.88 Å². The summed E-state index contributed by atoms with van der Waals surface area (Å²) in [6.45, 7) is 3.07. The predicted molar refractivity (Wildman–Crippen MR) is 81.5 cm³/mol. The van der Waals surface area contributed by atoms with Gasteiger partial charge in [-0.1, -0.05) is 28.1 Å². The molecule has 106 valence electrons. The van der Waals surface area contributed by atoms with E-state index in [0.717, 1.165) is 35.1 Å². The van der Waals surface area contributed by atoms with E-state index in [2.05, 4.69) is 44.0 Å². The van der Waals surface area contributed by atoms with Crippen LogP contribution in [0.15, 0.2) is 34.9 Å². The normalized spacial score (nSPS) is 20.4. The second kappa shape index (κ2) is 6.18. The van der Waals surface area contributed by atoms with E-state index in [1.165, 1.54) is 5.56 Å². The van der Waals surface area contributed by atoms with Gasteiger partial charge in [-0.2, -0.15) is 0 Å². The third-order valence-corrected chi connectivity index (χ3v) is 4.43. The van der Waals surface area contributed by atoms with Gasteiger partial charge < -0.3 is 9.84 Å². The largest absolute Gasteiger partial charge is 0.395 e. The number of morpholine rings is 1. The molecule has 0 bridgehead atoms. The lowest BCUT2D eigenvalue weighted by Crippen LogP contribution is -2.46. The van der Waals surface area contributed by atoms with E-state index in [0.29, 0.717) is 6.61 Å². The summed E-state index contributed by atoms with van der Waals surface area (Å²) >= 11 is 3.57. The van der Waals surface area contributed by atoms with Gasteiger partial charge in [0.1, 0.15) is 0 Å². The van der Waals surface area contributed by atoms with Gasteiger partial charge in [0.25, 0.3) is 0 Å². The van der Waals surface area contributed by atoms with Crippen LogP contribution >= 0.6 is 15.9 Å². The zero-order chi connectivity index (χ0) is 13.9. The van der Waals surface area contributed by atoms with Crippen LogP contribution in [0.3, 0.4) is 0 Å². The molecule has 1 N–H and O–H groups in total. The SMILES string of the molecule is OC[C@@H]1COCCN1Cc1ccc(Br)c2cccnc12. The van der Waals surface area contributed by atoms with Gasteiger partial charge in [0.15, 0.2) is 0 Å². The average Bonchev–Trinajstić information content (AvgIpc) is 2.51. The molecule has 5 heteroatoms. The van der Waals surface area contributed by atoms with Crippen molar-refractivity contribution in [2.75, 3.05) is 26.4 Å². The summed E-state index contributed by atoms with van der Waals surface area (Å²) in [6.07, 6.45) is 1.82. The highest BCUT2D eigenvalue weighted by Gasteiger charge is 2.23. The van der Waals surface area contributed by atoms with Crippen molar-refractivity contribution in [3.05, 3.63) is 40.5 Å². The van der Waals surface area contributed by atoms with Gasteiger partial charge in [-0.25, -0.2) is 0 Å². The lowest BCUT2D eigenvalue weighted by atomic mass is 10.1. The highest BCUT2D eigenvalue weighted by Crippen LogP contribution is 2.26. The molecule has 0 spiro atoms. The van der Waals surface area contributed by atoms with Gasteiger partial charge in [0.2, 0.25) is 0 Å². The number of fused-ring (bicyclic) bond motifs is 1. The minimum absolute atomic E-state index is 0.0751.